The number of H-pyrrole nitrogens is 1. The average Bonchev–Trinajstić information content (AvgIpc) is 3.27. The van der Waals surface area contributed by atoms with Crippen LogP contribution in [0, 0.1) is 0 Å². The fourth-order valence-electron chi connectivity index (χ4n) is 3.57. The fourth-order valence-corrected chi connectivity index (χ4v) is 3.57. The van der Waals surface area contributed by atoms with Gasteiger partial charge in [-0.15, -0.1) is 8.78 Å². The van der Waals surface area contributed by atoms with Crippen LogP contribution in [0.2, 0.25) is 0 Å². The van der Waals surface area contributed by atoms with Crippen molar-refractivity contribution in [1.82, 2.24) is 15.0 Å². The summed E-state index contributed by atoms with van der Waals surface area (Å²) < 4.78 is 35.8. The molecule has 7 heteroatoms. The van der Waals surface area contributed by atoms with E-state index in [4.69, 9.17) is 0 Å². The molecule has 4 aromatic rings. The van der Waals surface area contributed by atoms with Gasteiger partial charge in [-0.05, 0) is 53.8 Å². The van der Waals surface area contributed by atoms with E-state index in [9.17, 15) is 8.78 Å². The smallest absolute Gasteiger partial charge is 0.395 e. The van der Waals surface area contributed by atoms with Crippen LogP contribution in [0.4, 0.5) is 8.78 Å². The predicted octanol–water partition coefficient (Wildman–Crippen LogP) is 4.66. The molecule has 0 saturated heterocycles. The Morgan fingerprint density at radius 1 is 0.931 bits per heavy atom. The number of aromatic amines is 1. The Kier molecular flexibility index (Phi) is 4.16. The van der Waals surface area contributed by atoms with Gasteiger partial charge in [0.1, 0.15) is 5.65 Å². The summed E-state index contributed by atoms with van der Waals surface area (Å²) in [7, 11) is 0. The lowest BCUT2D eigenvalue weighted by molar-refractivity contribution is -0.286. The first kappa shape index (κ1) is 17.6. The van der Waals surface area contributed by atoms with Crippen molar-refractivity contribution in [2.75, 3.05) is 0 Å². The van der Waals surface area contributed by atoms with Crippen LogP contribution < -0.4 is 9.47 Å². The third-order valence-corrected chi connectivity index (χ3v) is 4.98. The molecule has 0 bridgehead atoms. The summed E-state index contributed by atoms with van der Waals surface area (Å²) in [6.07, 6.45) is 3.89. The molecule has 5 nitrogen and oxygen atoms in total. The molecule has 0 radical (unpaired) electrons. The highest BCUT2D eigenvalue weighted by molar-refractivity contribution is 5.79. The number of pyridine rings is 2. The van der Waals surface area contributed by atoms with Gasteiger partial charge >= 0.3 is 6.29 Å². The molecule has 3 aromatic heterocycles. The number of hydrogen-bond acceptors (Lipinski definition) is 4. The Hall–Kier alpha value is -3.48. The van der Waals surface area contributed by atoms with Crippen molar-refractivity contribution in [3.05, 3.63) is 83.4 Å². The lowest BCUT2D eigenvalue weighted by atomic mass is 10.0. The molecule has 0 atom stereocenters. The molecule has 1 aliphatic heterocycles. The topological polar surface area (TPSA) is 60.0 Å². The molecule has 0 amide bonds. The molecular weight excluding hydrogens is 376 g/mol. The molecule has 0 aliphatic carbocycles. The van der Waals surface area contributed by atoms with E-state index < -0.39 is 6.29 Å². The zero-order chi connectivity index (χ0) is 19.8. The van der Waals surface area contributed by atoms with E-state index in [0.717, 1.165) is 28.7 Å². The van der Waals surface area contributed by atoms with Crippen LogP contribution in [0.15, 0.2) is 61.1 Å². The number of aromatic nitrogens is 3. The Bertz CT molecular complexity index is 1170. The molecule has 1 aliphatic rings. The quantitative estimate of drug-likeness (QED) is 0.536. The largest absolute Gasteiger partial charge is 0.586 e. The van der Waals surface area contributed by atoms with Crippen molar-refractivity contribution in [2.45, 2.75) is 25.6 Å². The van der Waals surface area contributed by atoms with Gasteiger partial charge in [-0.2, -0.15) is 0 Å². The first-order valence-corrected chi connectivity index (χ1v) is 9.30. The van der Waals surface area contributed by atoms with Gasteiger partial charge < -0.3 is 14.5 Å². The summed E-state index contributed by atoms with van der Waals surface area (Å²) in [5.41, 5.74) is 4.70. The number of benzene rings is 1. The van der Waals surface area contributed by atoms with Crippen LogP contribution in [0.3, 0.4) is 0 Å². The lowest BCUT2D eigenvalue weighted by Gasteiger charge is -2.07. The number of rotatable bonds is 5. The third kappa shape index (κ3) is 3.51. The van der Waals surface area contributed by atoms with Crippen molar-refractivity contribution in [2.24, 2.45) is 0 Å². The fraction of sp³-hybridized carbons (Fsp3) is 0.182. The molecular formula is C22H17F2N3O2. The number of fused-ring (bicyclic) bond motifs is 2. The molecule has 0 fully saturated rings. The molecule has 4 heterocycles. The summed E-state index contributed by atoms with van der Waals surface area (Å²) in [6, 6.07) is 12.9. The molecule has 0 saturated carbocycles. The van der Waals surface area contributed by atoms with E-state index in [1.165, 1.54) is 11.6 Å². The number of ether oxygens (including phenoxy) is 2. The monoisotopic (exact) mass is 393 g/mol. The molecule has 1 N–H and O–H groups in total. The van der Waals surface area contributed by atoms with Gasteiger partial charge in [0.25, 0.3) is 0 Å². The number of nitrogens with zero attached hydrogens (tertiary/aromatic N) is 2. The molecule has 146 valence electrons. The zero-order valence-electron chi connectivity index (χ0n) is 15.4. The second-order valence-electron chi connectivity index (χ2n) is 6.96. The number of para-hydroxylation sites is 1. The number of nitrogens with one attached hydrogen (secondary N) is 1. The molecule has 29 heavy (non-hydrogen) atoms. The highest BCUT2D eigenvalue weighted by Crippen LogP contribution is 2.43. The number of alkyl halides is 2. The average molecular weight is 393 g/mol. The summed E-state index contributed by atoms with van der Waals surface area (Å²) >= 11 is 0. The number of aryl methyl sites for hydroxylation is 2. The van der Waals surface area contributed by atoms with Crippen LogP contribution >= 0.6 is 0 Å². The van der Waals surface area contributed by atoms with Gasteiger partial charge in [-0.25, -0.2) is 4.98 Å². The van der Waals surface area contributed by atoms with E-state index in [2.05, 4.69) is 24.4 Å². The minimum atomic E-state index is -3.60. The SMILES string of the molecule is FC1(F)Oc2cccc(CCc3ccc(Cc4c[nH]c5ncccc45)cn3)c2O1. The number of halogens is 2. The lowest BCUT2D eigenvalue weighted by Crippen LogP contribution is -2.26. The van der Waals surface area contributed by atoms with Crippen LogP contribution in [0.25, 0.3) is 11.0 Å². The van der Waals surface area contributed by atoms with E-state index in [0.29, 0.717) is 18.4 Å². The summed E-state index contributed by atoms with van der Waals surface area (Å²) in [5.74, 6) is 0.186. The van der Waals surface area contributed by atoms with Crippen molar-refractivity contribution in [1.29, 1.82) is 0 Å². The Labute approximate surface area is 165 Å². The van der Waals surface area contributed by atoms with E-state index in [1.54, 1.807) is 18.3 Å². The van der Waals surface area contributed by atoms with Gasteiger partial charge in [-0.3, -0.25) is 4.98 Å². The van der Waals surface area contributed by atoms with Gasteiger partial charge in [0.2, 0.25) is 0 Å². The van der Waals surface area contributed by atoms with Crippen LogP contribution in [0.1, 0.15) is 22.4 Å². The van der Waals surface area contributed by atoms with Gasteiger partial charge in [0.15, 0.2) is 11.5 Å². The predicted molar refractivity (Wildman–Crippen MR) is 103 cm³/mol. The summed E-state index contributed by atoms with van der Waals surface area (Å²) in [5, 5.41) is 1.11. The Balaban J connectivity index is 1.27. The maximum absolute atomic E-state index is 13.3. The maximum atomic E-state index is 13.3. The summed E-state index contributed by atoms with van der Waals surface area (Å²) in [6.45, 7) is 0. The zero-order valence-corrected chi connectivity index (χ0v) is 15.4. The first-order chi connectivity index (χ1) is 14.1. The molecule has 0 spiro atoms. The first-order valence-electron chi connectivity index (χ1n) is 9.30. The van der Waals surface area contributed by atoms with Crippen molar-refractivity contribution in [3.63, 3.8) is 0 Å². The minimum absolute atomic E-state index is 0.0732. The van der Waals surface area contributed by atoms with Gasteiger partial charge in [0.05, 0.1) is 0 Å². The second kappa shape index (κ2) is 6.84. The third-order valence-electron chi connectivity index (χ3n) is 4.98. The highest BCUT2D eigenvalue weighted by atomic mass is 19.3. The number of hydrogen-bond donors (Lipinski definition) is 1. The normalized spacial score (nSPS) is 14.4. The van der Waals surface area contributed by atoms with Crippen LogP contribution in [-0.4, -0.2) is 21.2 Å². The van der Waals surface area contributed by atoms with Gasteiger partial charge in [0, 0.05) is 36.1 Å². The second-order valence-corrected chi connectivity index (χ2v) is 6.96. The molecule has 1 aromatic carbocycles. The standard InChI is InChI=1S/C22H17F2N3O2/c23-22(24)28-19-5-1-3-15(20(19)29-22)7-9-17-8-6-14(12-26-17)11-16-13-27-21-18(16)4-2-10-25-21/h1-6,8,10,12-13H,7,9,11H2,(H,25,27). The van der Waals surface area contributed by atoms with Crippen LogP contribution in [0.5, 0.6) is 11.5 Å². The summed E-state index contributed by atoms with van der Waals surface area (Å²) in [4.78, 5) is 12.0. The van der Waals surface area contributed by atoms with Crippen molar-refractivity contribution >= 4 is 11.0 Å². The van der Waals surface area contributed by atoms with E-state index in [-0.39, 0.29) is 11.5 Å². The van der Waals surface area contributed by atoms with Crippen molar-refractivity contribution in [3.8, 4) is 11.5 Å². The Morgan fingerprint density at radius 3 is 2.72 bits per heavy atom. The van der Waals surface area contributed by atoms with Gasteiger partial charge in [-0.1, -0.05) is 18.2 Å². The minimum Gasteiger partial charge on any atom is -0.395 e. The molecule has 0 unspecified atom stereocenters. The van der Waals surface area contributed by atoms with E-state index >= 15 is 0 Å². The molecule has 5 rings (SSSR count). The van der Waals surface area contributed by atoms with Crippen LogP contribution in [-0.2, 0) is 19.3 Å². The Morgan fingerprint density at radius 2 is 1.86 bits per heavy atom. The van der Waals surface area contributed by atoms with Crippen molar-refractivity contribution < 1.29 is 18.3 Å². The highest BCUT2D eigenvalue weighted by Gasteiger charge is 2.44. The maximum Gasteiger partial charge on any atom is 0.586 e. The van der Waals surface area contributed by atoms with E-state index in [1.807, 2.05) is 36.7 Å².